The Morgan fingerprint density at radius 2 is 1.75 bits per heavy atom. The van der Waals surface area contributed by atoms with Gasteiger partial charge in [-0.25, -0.2) is 4.79 Å². The van der Waals surface area contributed by atoms with Crippen molar-refractivity contribution in [1.82, 2.24) is 31.1 Å². The summed E-state index contributed by atoms with van der Waals surface area (Å²) in [6.45, 7) is 15.7. The van der Waals surface area contributed by atoms with Gasteiger partial charge in [-0.15, -0.1) is 6.58 Å². The van der Waals surface area contributed by atoms with Gasteiger partial charge in [0, 0.05) is 50.3 Å². The van der Waals surface area contributed by atoms with E-state index in [-0.39, 0.29) is 42.8 Å². The number of nitrogens with one attached hydrogen (secondary N) is 4. The summed E-state index contributed by atoms with van der Waals surface area (Å²) in [7, 11) is 1.62. The molecule has 6 amide bonds. The maximum atomic E-state index is 13.7. The first-order valence-electron chi connectivity index (χ1n) is 17.9. The average molecular weight is 711 g/mol. The number of carbonyl (C=O) groups is 7. The normalized spacial score (nSPS) is 17.6. The van der Waals surface area contributed by atoms with E-state index in [1.165, 1.54) is 15.9 Å². The van der Waals surface area contributed by atoms with Crippen LogP contribution < -0.4 is 21.3 Å². The monoisotopic (exact) mass is 710 g/mol. The standard InChI is InChI=1S/C38H58N6O7/c1-9-11-18-28(33(47)35(49)39-20-10-2)40-34(48)30-19-15-21-44(30)32(46)22-31(38(5,6)7)42-37(51)41-29(25(3)4)23-43(8)36(50)27-17-14-12-13-16-26(27)24-45/h10,13-14,16-17,24-25,28-31H,2,9,11-12,15,18-23H2,1,3-8H3,(H,39,49)(H,40,48)(H2,41,42,51). The van der Waals surface area contributed by atoms with Crippen LogP contribution in [-0.4, -0.2) is 102 Å². The Balaban J connectivity index is 2.13. The Morgan fingerprint density at radius 3 is 2.35 bits per heavy atom. The Labute approximate surface area is 302 Å². The maximum Gasteiger partial charge on any atom is 0.315 e. The first-order chi connectivity index (χ1) is 24.0. The first-order valence-corrected chi connectivity index (χ1v) is 17.9. The number of urea groups is 1. The second-order valence-electron chi connectivity index (χ2n) is 14.6. The number of carbonyl (C=O) groups excluding carboxylic acids is 7. The van der Waals surface area contributed by atoms with Gasteiger partial charge < -0.3 is 31.1 Å². The number of amides is 6. The number of likely N-dealkylation sites (N-methyl/N-ethyl adjacent to an activating group) is 1. The molecular formula is C38H58N6O7. The lowest BCUT2D eigenvalue weighted by Gasteiger charge is -2.35. The van der Waals surface area contributed by atoms with Crippen LogP contribution in [0.2, 0.25) is 0 Å². The molecule has 4 N–H and O–H groups in total. The number of aldehydes is 1. The van der Waals surface area contributed by atoms with Gasteiger partial charge in [0.15, 0.2) is 6.29 Å². The van der Waals surface area contributed by atoms with Crippen molar-refractivity contribution < 1.29 is 33.6 Å². The van der Waals surface area contributed by atoms with Gasteiger partial charge >= 0.3 is 6.03 Å². The molecule has 1 saturated heterocycles. The summed E-state index contributed by atoms with van der Waals surface area (Å²) in [4.78, 5) is 93.8. The smallest absolute Gasteiger partial charge is 0.315 e. The molecule has 13 nitrogen and oxygen atoms in total. The van der Waals surface area contributed by atoms with Crippen LogP contribution in [0.5, 0.6) is 0 Å². The van der Waals surface area contributed by atoms with Crippen LogP contribution >= 0.6 is 0 Å². The minimum Gasteiger partial charge on any atom is -0.346 e. The van der Waals surface area contributed by atoms with E-state index in [1.807, 2.05) is 47.6 Å². The third-order valence-electron chi connectivity index (χ3n) is 9.18. The molecule has 0 spiro atoms. The molecule has 1 aliphatic carbocycles. The van der Waals surface area contributed by atoms with Crippen molar-refractivity contribution in [3.8, 4) is 0 Å². The van der Waals surface area contributed by atoms with E-state index in [4.69, 9.17) is 0 Å². The minimum absolute atomic E-state index is 0.0604. The van der Waals surface area contributed by atoms with E-state index in [0.717, 1.165) is 6.42 Å². The third-order valence-corrected chi connectivity index (χ3v) is 9.18. The molecule has 1 heterocycles. The maximum absolute atomic E-state index is 13.7. The Morgan fingerprint density at radius 1 is 1.06 bits per heavy atom. The fourth-order valence-electron chi connectivity index (χ4n) is 5.88. The number of hydrogen-bond acceptors (Lipinski definition) is 7. The molecule has 0 bridgehead atoms. The average Bonchev–Trinajstić information content (AvgIpc) is 3.46. The van der Waals surface area contributed by atoms with E-state index in [9.17, 15) is 33.6 Å². The van der Waals surface area contributed by atoms with Crippen molar-refractivity contribution in [3.63, 3.8) is 0 Å². The summed E-state index contributed by atoms with van der Waals surface area (Å²) < 4.78 is 0. The molecule has 4 unspecified atom stereocenters. The van der Waals surface area contributed by atoms with Crippen LogP contribution in [0, 0.1) is 11.3 Å². The lowest BCUT2D eigenvalue weighted by Crippen LogP contribution is -2.56. The molecular weight excluding hydrogens is 652 g/mol. The van der Waals surface area contributed by atoms with E-state index in [0.29, 0.717) is 50.5 Å². The molecule has 0 aromatic heterocycles. The molecule has 1 aliphatic heterocycles. The molecule has 282 valence electrons. The van der Waals surface area contributed by atoms with E-state index in [1.54, 1.807) is 25.3 Å². The molecule has 4 atom stereocenters. The molecule has 0 aromatic rings. The van der Waals surface area contributed by atoms with Gasteiger partial charge in [0.1, 0.15) is 6.04 Å². The largest absolute Gasteiger partial charge is 0.346 e. The number of allylic oxidation sites excluding steroid dienone is 4. The van der Waals surface area contributed by atoms with Gasteiger partial charge in [-0.05, 0) is 37.0 Å². The van der Waals surface area contributed by atoms with Gasteiger partial charge in [-0.3, -0.25) is 28.8 Å². The summed E-state index contributed by atoms with van der Waals surface area (Å²) >= 11 is 0. The van der Waals surface area contributed by atoms with Crippen LogP contribution in [0.4, 0.5) is 4.79 Å². The molecule has 51 heavy (non-hydrogen) atoms. The van der Waals surface area contributed by atoms with E-state index < -0.39 is 53.2 Å². The van der Waals surface area contributed by atoms with Gasteiger partial charge in [0.2, 0.25) is 17.6 Å². The zero-order valence-electron chi connectivity index (χ0n) is 31.4. The Bertz CT molecular complexity index is 1390. The Kier molecular flexibility index (Phi) is 17.0. The molecule has 0 saturated carbocycles. The topological polar surface area (TPSA) is 174 Å². The van der Waals surface area contributed by atoms with Crippen molar-refractivity contribution >= 4 is 41.7 Å². The molecule has 0 radical (unpaired) electrons. The summed E-state index contributed by atoms with van der Waals surface area (Å²) in [5, 5.41) is 11.1. The van der Waals surface area contributed by atoms with E-state index in [2.05, 4.69) is 27.8 Å². The van der Waals surface area contributed by atoms with Gasteiger partial charge in [0.05, 0.1) is 12.1 Å². The van der Waals surface area contributed by atoms with Crippen LogP contribution in [0.25, 0.3) is 0 Å². The summed E-state index contributed by atoms with van der Waals surface area (Å²) in [6, 6.07) is -3.39. The van der Waals surface area contributed by atoms with Crippen LogP contribution in [-0.2, 0) is 28.8 Å². The van der Waals surface area contributed by atoms with Gasteiger partial charge in [0.25, 0.3) is 11.8 Å². The number of nitrogens with zero attached hydrogens (tertiary/aromatic N) is 2. The SMILES string of the molecule is C=CCNC(=O)C(=O)C(CCCC)NC(=O)C1CCCN1C(=O)CC(NC(=O)NC(CN(C)C(=O)C1=C(C=O)C=CCC=C1)C(C)C)C(C)(C)C. The van der Waals surface area contributed by atoms with Crippen molar-refractivity contribution in [2.24, 2.45) is 11.3 Å². The lowest BCUT2D eigenvalue weighted by molar-refractivity contribution is -0.142. The number of ketones is 1. The number of likely N-dealkylation sites (tertiary alicyclic amines) is 1. The molecule has 13 heteroatoms. The molecule has 2 rings (SSSR count). The highest BCUT2D eigenvalue weighted by molar-refractivity contribution is 6.38. The Hall–Kier alpha value is -4.55. The summed E-state index contributed by atoms with van der Waals surface area (Å²) in [5.74, 6) is -2.75. The highest BCUT2D eigenvalue weighted by Gasteiger charge is 2.39. The number of hydrogen-bond donors (Lipinski definition) is 4. The van der Waals surface area contributed by atoms with Crippen LogP contribution in [0.15, 0.2) is 48.1 Å². The van der Waals surface area contributed by atoms with Crippen LogP contribution in [0.1, 0.15) is 86.5 Å². The lowest BCUT2D eigenvalue weighted by atomic mass is 9.84. The first kappa shape index (κ1) is 42.6. The van der Waals surface area contributed by atoms with E-state index >= 15 is 0 Å². The number of unbranched alkanes of at least 4 members (excludes halogenated alkanes) is 1. The molecule has 2 aliphatic rings. The number of rotatable bonds is 18. The quantitative estimate of drug-likeness (QED) is 0.0961. The predicted octanol–water partition coefficient (Wildman–Crippen LogP) is 3.12. The second-order valence-corrected chi connectivity index (χ2v) is 14.6. The van der Waals surface area contributed by atoms with Crippen molar-refractivity contribution in [1.29, 1.82) is 0 Å². The van der Waals surface area contributed by atoms with Gasteiger partial charge in [-0.1, -0.05) is 84.8 Å². The fourth-order valence-corrected chi connectivity index (χ4v) is 5.88. The van der Waals surface area contributed by atoms with Crippen molar-refractivity contribution in [2.75, 3.05) is 26.7 Å². The highest BCUT2D eigenvalue weighted by Crippen LogP contribution is 2.26. The van der Waals surface area contributed by atoms with Crippen LogP contribution in [0.3, 0.4) is 0 Å². The zero-order valence-corrected chi connectivity index (χ0v) is 31.4. The molecule has 1 fully saturated rings. The highest BCUT2D eigenvalue weighted by atomic mass is 16.2. The number of Topliss-reactive ketones (excluding diaryl/α,β-unsaturated/α-hetero) is 1. The van der Waals surface area contributed by atoms with Crippen molar-refractivity contribution in [2.45, 2.75) is 111 Å². The third kappa shape index (κ3) is 12.9. The zero-order chi connectivity index (χ0) is 38.3. The van der Waals surface area contributed by atoms with Crippen molar-refractivity contribution in [3.05, 3.63) is 48.1 Å². The molecule has 0 aromatic carbocycles. The summed E-state index contributed by atoms with van der Waals surface area (Å²) in [5.41, 5.74) is 0.0303. The summed E-state index contributed by atoms with van der Waals surface area (Å²) in [6.07, 6.45) is 12.2. The fraction of sp³-hybridized carbons (Fsp3) is 0.605. The van der Waals surface area contributed by atoms with Gasteiger partial charge in [-0.2, -0.15) is 0 Å². The second kappa shape index (κ2) is 20.3. The minimum atomic E-state index is -1.01. The predicted molar refractivity (Wildman–Crippen MR) is 196 cm³/mol.